The Balaban J connectivity index is 2.03. The molecular formula is C30H36BrN3O4S. The molecule has 0 aliphatic carbocycles. The standard InChI is InChI=1S/C30H36BrN3O4S/c1-4-5-17-32-30(36)28(19-24-12-7-6-8-13-24)33(21-25-14-9-11-23(2)18-25)29(35)22-34(39(3,37)38)27-16-10-15-26(31)20-27/h6-16,18,20,28H,4-5,17,19,21-22H2,1-3H3,(H,32,36). The van der Waals surface area contributed by atoms with Gasteiger partial charge in [-0.3, -0.25) is 13.9 Å². The maximum absolute atomic E-state index is 14.0. The van der Waals surface area contributed by atoms with Crippen LogP contribution in [-0.2, 0) is 32.6 Å². The maximum Gasteiger partial charge on any atom is 0.244 e. The molecule has 3 aromatic rings. The summed E-state index contributed by atoms with van der Waals surface area (Å²) in [6.45, 7) is 4.24. The summed E-state index contributed by atoms with van der Waals surface area (Å²) >= 11 is 3.38. The number of aryl methyl sites for hydroxylation is 1. The first-order chi connectivity index (χ1) is 18.6. The Morgan fingerprint density at radius 3 is 2.28 bits per heavy atom. The summed E-state index contributed by atoms with van der Waals surface area (Å²) in [7, 11) is -3.80. The summed E-state index contributed by atoms with van der Waals surface area (Å²) in [5.41, 5.74) is 3.15. The molecule has 0 fully saturated rings. The van der Waals surface area contributed by atoms with Crippen molar-refractivity contribution in [1.29, 1.82) is 0 Å². The van der Waals surface area contributed by atoms with E-state index in [1.807, 2.05) is 68.4 Å². The van der Waals surface area contributed by atoms with Crippen molar-refractivity contribution < 1.29 is 18.0 Å². The van der Waals surface area contributed by atoms with E-state index in [1.165, 1.54) is 4.90 Å². The fourth-order valence-electron chi connectivity index (χ4n) is 4.31. The van der Waals surface area contributed by atoms with E-state index in [0.29, 0.717) is 23.1 Å². The van der Waals surface area contributed by atoms with Crippen LogP contribution in [0.15, 0.2) is 83.3 Å². The Labute approximate surface area is 240 Å². The van der Waals surface area contributed by atoms with Gasteiger partial charge in [0.1, 0.15) is 12.6 Å². The zero-order valence-electron chi connectivity index (χ0n) is 22.6. The lowest BCUT2D eigenvalue weighted by Crippen LogP contribution is -2.53. The summed E-state index contributed by atoms with van der Waals surface area (Å²) in [5.74, 6) is -0.727. The number of halogens is 1. The lowest BCUT2D eigenvalue weighted by atomic mass is 10.0. The van der Waals surface area contributed by atoms with Crippen molar-refractivity contribution in [1.82, 2.24) is 10.2 Å². The van der Waals surface area contributed by atoms with Gasteiger partial charge in [0.25, 0.3) is 0 Å². The van der Waals surface area contributed by atoms with E-state index in [1.54, 1.807) is 24.3 Å². The van der Waals surface area contributed by atoms with E-state index in [9.17, 15) is 18.0 Å². The first-order valence-electron chi connectivity index (χ1n) is 13.0. The number of carbonyl (C=O) groups is 2. The predicted octanol–water partition coefficient (Wildman–Crippen LogP) is 5.08. The van der Waals surface area contributed by atoms with Crippen LogP contribution in [0.2, 0.25) is 0 Å². The highest BCUT2D eigenvalue weighted by atomic mass is 79.9. The molecule has 208 valence electrons. The van der Waals surface area contributed by atoms with Gasteiger partial charge in [-0.1, -0.05) is 95.5 Å². The number of sulfonamides is 1. The molecule has 39 heavy (non-hydrogen) atoms. The number of unbranched alkanes of at least 4 members (excludes halogenated alkanes) is 1. The largest absolute Gasteiger partial charge is 0.354 e. The summed E-state index contributed by atoms with van der Waals surface area (Å²) < 4.78 is 27.4. The second-order valence-corrected chi connectivity index (χ2v) is 12.4. The van der Waals surface area contributed by atoms with Gasteiger partial charge in [-0.15, -0.1) is 0 Å². The molecule has 0 aliphatic rings. The van der Waals surface area contributed by atoms with Crippen LogP contribution in [0.4, 0.5) is 5.69 Å². The van der Waals surface area contributed by atoms with Gasteiger partial charge in [-0.05, 0) is 42.7 Å². The third-order valence-electron chi connectivity index (χ3n) is 6.31. The average molecular weight is 615 g/mol. The van der Waals surface area contributed by atoms with Gasteiger partial charge in [0.05, 0.1) is 11.9 Å². The van der Waals surface area contributed by atoms with Crippen molar-refractivity contribution in [2.75, 3.05) is 23.7 Å². The molecular weight excluding hydrogens is 578 g/mol. The Hall–Kier alpha value is -3.17. The molecule has 7 nitrogen and oxygen atoms in total. The zero-order chi connectivity index (χ0) is 28.4. The molecule has 0 spiro atoms. The number of hydrogen-bond acceptors (Lipinski definition) is 4. The lowest BCUT2D eigenvalue weighted by Gasteiger charge is -2.33. The molecule has 0 aliphatic heterocycles. The highest BCUT2D eigenvalue weighted by Crippen LogP contribution is 2.23. The van der Waals surface area contributed by atoms with Crippen molar-refractivity contribution in [3.63, 3.8) is 0 Å². The Morgan fingerprint density at radius 1 is 0.949 bits per heavy atom. The Kier molecular flexibility index (Phi) is 11.1. The molecule has 3 rings (SSSR count). The van der Waals surface area contributed by atoms with Gasteiger partial charge >= 0.3 is 0 Å². The number of rotatable bonds is 13. The minimum atomic E-state index is -3.80. The van der Waals surface area contributed by atoms with Crippen LogP contribution in [0.3, 0.4) is 0 Å². The number of anilines is 1. The van der Waals surface area contributed by atoms with Crippen molar-refractivity contribution in [2.24, 2.45) is 0 Å². The van der Waals surface area contributed by atoms with Gasteiger partial charge in [-0.2, -0.15) is 0 Å². The summed E-state index contributed by atoms with van der Waals surface area (Å²) in [4.78, 5) is 29.1. The second-order valence-electron chi connectivity index (χ2n) is 9.61. The minimum Gasteiger partial charge on any atom is -0.354 e. The van der Waals surface area contributed by atoms with E-state index < -0.39 is 28.5 Å². The third-order valence-corrected chi connectivity index (χ3v) is 7.95. The van der Waals surface area contributed by atoms with E-state index in [0.717, 1.165) is 40.1 Å². The normalized spacial score (nSPS) is 12.0. The molecule has 0 aromatic heterocycles. The highest BCUT2D eigenvalue weighted by Gasteiger charge is 2.33. The van der Waals surface area contributed by atoms with Crippen LogP contribution in [0.25, 0.3) is 0 Å². The fraction of sp³-hybridized carbons (Fsp3) is 0.333. The molecule has 0 saturated carbocycles. The molecule has 0 radical (unpaired) electrons. The smallest absolute Gasteiger partial charge is 0.244 e. The maximum atomic E-state index is 14.0. The molecule has 0 saturated heterocycles. The monoisotopic (exact) mass is 613 g/mol. The van der Waals surface area contributed by atoms with Gasteiger partial charge in [0.15, 0.2) is 0 Å². The molecule has 1 N–H and O–H groups in total. The number of amides is 2. The number of nitrogens with zero attached hydrogens (tertiary/aromatic N) is 2. The number of nitrogens with one attached hydrogen (secondary N) is 1. The molecule has 1 atom stereocenters. The van der Waals surface area contributed by atoms with Gasteiger partial charge in [0, 0.05) is 24.0 Å². The molecule has 1 unspecified atom stereocenters. The fourth-order valence-corrected chi connectivity index (χ4v) is 5.54. The van der Waals surface area contributed by atoms with Crippen LogP contribution < -0.4 is 9.62 Å². The number of benzene rings is 3. The summed E-state index contributed by atoms with van der Waals surface area (Å²) in [6, 6.07) is 23.2. The highest BCUT2D eigenvalue weighted by molar-refractivity contribution is 9.10. The third kappa shape index (κ3) is 9.21. The number of carbonyl (C=O) groups excluding carboxylic acids is 2. The molecule has 9 heteroatoms. The first-order valence-corrected chi connectivity index (χ1v) is 15.6. The Bertz CT molecular complexity index is 1370. The van der Waals surface area contributed by atoms with Gasteiger partial charge in [-0.25, -0.2) is 8.42 Å². The van der Waals surface area contributed by atoms with Crippen LogP contribution >= 0.6 is 15.9 Å². The molecule has 3 aromatic carbocycles. The molecule has 0 heterocycles. The van der Waals surface area contributed by atoms with Crippen LogP contribution in [0.1, 0.15) is 36.5 Å². The first kappa shape index (κ1) is 30.4. The van der Waals surface area contributed by atoms with Gasteiger partial charge < -0.3 is 10.2 Å². The second kappa shape index (κ2) is 14.3. The topological polar surface area (TPSA) is 86.8 Å². The van der Waals surface area contributed by atoms with Crippen LogP contribution in [0.5, 0.6) is 0 Å². The average Bonchev–Trinajstić information content (AvgIpc) is 2.89. The lowest BCUT2D eigenvalue weighted by molar-refractivity contribution is -0.140. The summed E-state index contributed by atoms with van der Waals surface area (Å²) in [6.07, 6.45) is 3.11. The van der Waals surface area contributed by atoms with Crippen molar-refractivity contribution in [2.45, 2.75) is 45.7 Å². The van der Waals surface area contributed by atoms with Crippen molar-refractivity contribution >= 4 is 43.5 Å². The molecule has 0 bridgehead atoms. The van der Waals surface area contributed by atoms with Crippen molar-refractivity contribution in [3.8, 4) is 0 Å². The van der Waals surface area contributed by atoms with E-state index in [2.05, 4.69) is 21.2 Å². The zero-order valence-corrected chi connectivity index (χ0v) is 25.0. The van der Waals surface area contributed by atoms with E-state index in [-0.39, 0.29) is 12.5 Å². The molecule has 2 amide bonds. The van der Waals surface area contributed by atoms with Crippen LogP contribution in [0, 0.1) is 6.92 Å². The van der Waals surface area contributed by atoms with E-state index in [4.69, 9.17) is 0 Å². The minimum absolute atomic E-state index is 0.162. The van der Waals surface area contributed by atoms with Gasteiger partial charge in [0.2, 0.25) is 21.8 Å². The predicted molar refractivity (Wildman–Crippen MR) is 160 cm³/mol. The number of hydrogen-bond donors (Lipinski definition) is 1. The van der Waals surface area contributed by atoms with Crippen LogP contribution in [-0.4, -0.2) is 50.5 Å². The van der Waals surface area contributed by atoms with E-state index >= 15 is 0 Å². The Morgan fingerprint density at radius 2 is 1.64 bits per heavy atom. The summed E-state index contributed by atoms with van der Waals surface area (Å²) in [5, 5.41) is 2.99. The SMILES string of the molecule is CCCCNC(=O)C(Cc1ccccc1)N(Cc1cccc(C)c1)C(=O)CN(c1cccc(Br)c1)S(C)(=O)=O. The van der Waals surface area contributed by atoms with Crippen molar-refractivity contribution in [3.05, 3.63) is 100 Å². The quantitative estimate of drug-likeness (QED) is 0.272.